The molecule has 2 saturated heterocycles. The summed E-state index contributed by atoms with van der Waals surface area (Å²) in [6.07, 6.45) is 0.177. The zero-order valence-corrected chi connectivity index (χ0v) is 13.2. The van der Waals surface area contributed by atoms with Gasteiger partial charge < -0.3 is 29.2 Å². The average molecular weight is 334 g/mol. The van der Waals surface area contributed by atoms with Gasteiger partial charge in [-0.1, -0.05) is 42.5 Å². The van der Waals surface area contributed by atoms with E-state index in [1.54, 1.807) is 12.2 Å². The van der Waals surface area contributed by atoms with Crippen molar-refractivity contribution in [3.63, 3.8) is 0 Å². The summed E-state index contributed by atoms with van der Waals surface area (Å²) in [5.74, 6) is 0. The molecule has 1 aromatic carbocycles. The van der Waals surface area contributed by atoms with Crippen molar-refractivity contribution in [3.8, 4) is 0 Å². The molecule has 3 rings (SSSR count). The van der Waals surface area contributed by atoms with E-state index in [1.165, 1.54) is 0 Å². The fourth-order valence-corrected chi connectivity index (χ4v) is 2.75. The van der Waals surface area contributed by atoms with E-state index in [-0.39, 0.29) is 13.2 Å². The van der Waals surface area contributed by atoms with Gasteiger partial charge in [-0.25, -0.2) is 0 Å². The van der Waals surface area contributed by atoms with Gasteiger partial charge in [0.15, 0.2) is 12.6 Å². The van der Waals surface area contributed by atoms with Gasteiger partial charge in [0.05, 0.1) is 13.2 Å². The summed E-state index contributed by atoms with van der Waals surface area (Å²) in [6, 6.07) is 9.75. The number of benzene rings is 1. The first-order chi connectivity index (χ1) is 11.7. The van der Waals surface area contributed by atoms with Gasteiger partial charge in [-0.2, -0.15) is 0 Å². The van der Waals surface area contributed by atoms with Crippen LogP contribution in [0.4, 0.5) is 0 Å². The third kappa shape index (κ3) is 3.92. The SMILES string of the molecule is C=CCO[C@@H]1OC2COC(/C=C/c3ccccc3)O[C@H]2C(O)[C@@H]1O. The molecule has 0 saturated carbocycles. The lowest BCUT2D eigenvalue weighted by Crippen LogP contribution is -2.63. The highest BCUT2D eigenvalue weighted by atomic mass is 16.8. The Balaban J connectivity index is 1.61. The Morgan fingerprint density at radius 2 is 1.96 bits per heavy atom. The normalized spacial score (nSPS) is 36.4. The number of aliphatic hydroxyl groups is 2. The van der Waals surface area contributed by atoms with Crippen LogP contribution in [0.3, 0.4) is 0 Å². The highest BCUT2D eigenvalue weighted by molar-refractivity contribution is 5.49. The van der Waals surface area contributed by atoms with Gasteiger partial charge in [-0.05, 0) is 11.6 Å². The first-order valence-electron chi connectivity index (χ1n) is 7.93. The summed E-state index contributed by atoms with van der Waals surface area (Å²) < 4.78 is 22.3. The van der Waals surface area contributed by atoms with Crippen LogP contribution < -0.4 is 0 Å². The minimum atomic E-state index is -1.19. The molecule has 2 aliphatic rings. The standard InChI is InChI=1S/C18H22O6/c1-2-10-21-18-16(20)15(19)17-13(23-18)11-22-14(24-17)9-8-12-6-4-3-5-7-12/h2-9,13-20H,1,10-11H2/b9-8+/t13?,14?,15?,16-,17+,18+/m0/s1. The maximum Gasteiger partial charge on any atom is 0.187 e. The van der Waals surface area contributed by atoms with Crippen molar-refractivity contribution < 1.29 is 29.2 Å². The van der Waals surface area contributed by atoms with Crippen LogP contribution in [0.25, 0.3) is 6.08 Å². The Hall–Kier alpha value is -1.54. The number of ether oxygens (including phenoxy) is 4. The zero-order chi connectivity index (χ0) is 16.9. The summed E-state index contributed by atoms with van der Waals surface area (Å²) in [4.78, 5) is 0. The fourth-order valence-electron chi connectivity index (χ4n) is 2.75. The minimum absolute atomic E-state index is 0.218. The van der Waals surface area contributed by atoms with Crippen LogP contribution in [0.5, 0.6) is 0 Å². The van der Waals surface area contributed by atoms with E-state index >= 15 is 0 Å². The van der Waals surface area contributed by atoms with Crippen LogP contribution in [0.2, 0.25) is 0 Å². The van der Waals surface area contributed by atoms with Crippen LogP contribution in [-0.4, -0.2) is 60.4 Å². The van der Waals surface area contributed by atoms with E-state index in [9.17, 15) is 10.2 Å². The van der Waals surface area contributed by atoms with Crippen molar-refractivity contribution in [1.82, 2.24) is 0 Å². The van der Waals surface area contributed by atoms with Gasteiger partial charge in [-0.15, -0.1) is 6.58 Å². The fraction of sp³-hybridized carbons (Fsp3) is 0.444. The molecule has 0 aliphatic carbocycles. The van der Waals surface area contributed by atoms with Crippen LogP contribution in [0.15, 0.2) is 49.1 Å². The number of rotatable bonds is 5. The minimum Gasteiger partial charge on any atom is -0.387 e. The second-order valence-corrected chi connectivity index (χ2v) is 5.72. The lowest BCUT2D eigenvalue weighted by atomic mass is 9.98. The summed E-state index contributed by atoms with van der Waals surface area (Å²) in [5.41, 5.74) is 1.02. The van der Waals surface area contributed by atoms with E-state index in [1.807, 2.05) is 36.4 Å². The first kappa shape index (κ1) is 17.3. The monoisotopic (exact) mass is 334 g/mol. The maximum atomic E-state index is 10.3. The van der Waals surface area contributed by atoms with Crippen LogP contribution in [0.1, 0.15) is 5.56 Å². The summed E-state index contributed by atoms with van der Waals surface area (Å²) in [5, 5.41) is 20.4. The number of hydrogen-bond acceptors (Lipinski definition) is 6. The van der Waals surface area contributed by atoms with Crippen molar-refractivity contribution in [2.75, 3.05) is 13.2 Å². The second kappa shape index (κ2) is 8.02. The smallest absolute Gasteiger partial charge is 0.187 e. The molecule has 24 heavy (non-hydrogen) atoms. The highest BCUT2D eigenvalue weighted by Gasteiger charge is 2.48. The molecule has 0 amide bonds. The predicted octanol–water partition coefficient (Wildman–Crippen LogP) is 1.09. The Morgan fingerprint density at radius 1 is 1.17 bits per heavy atom. The molecule has 2 fully saturated rings. The largest absolute Gasteiger partial charge is 0.387 e. The number of fused-ring (bicyclic) bond motifs is 1. The highest BCUT2D eigenvalue weighted by Crippen LogP contribution is 2.29. The van der Waals surface area contributed by atoms with Crippen molar-refractivity contribution in [1.29, 1.82) is 0 Å². The van der Waals surface area contributed by atoms with E-state index in [4.69, 9.17) is 18.9 Å². The molecular formula is C18H22O6. The van der Waals surface area contributed by atoms with Crippen molar-refractivity contribution >= 4 is 6.08 Å². The molecule has 0 spiro atoms. The van der Waals surface area contributed by atoms with Gasteiger partial charge >= 0.3 is 0 Å². The topological polar surface area (TPSA) is 77.4 Å². The molecule has 130 valence electrons. The number of hydrogen-bond donors (Lipinski definition) is 2. The second-order valence-electron chi connectivity index (χ2n) is 5.72. The molecule has 0 bridgehead atoms. The third-order valence-electron chi connectivity index (χ3n) is 3.98. The first-order valence-corrected chi connectivity index (χ1v) is 7.93. The van der Waals surface area contributed by atoms with Gasteiger partial charge in [0.2, 0.25) is 0 Å². The molecule has 2 aliphatic heterocycles. The van der Waals surface area contributed by atoms with Gasteiger partial charge in [0.25, 0.3) is 0 Å². The van der Waals surface area contributed by atoms with Crippen molar-refractivity contribution in [3.05, 3.63) is 54.6 Å². The average Bonchev–Trinajstić information content (AvgIpc) is 2.63. The van der Waals surface area contributed by atoms with Crippen LogP contribution in [0, 0.1) is 0 Å². The quantitative estimate of drug-likeness (QED) is 0.785. The number of aliphatic hydroxyl groups excluding tert-OH is 2. The molecule has 6 atom stereocenters. The van der Waals surface area contributed by atoms with Crippen molar-refractivity contribution in [2.45, 2.75) is 37.0 Å². The molecule has 6 heteroatoms. The van der Waals surface area contributed by atoms with Gasteiger partial charge in [0, 0.05) is 0 Å². The van der Waals surface area contributed by atoms with Crippen LogP contribution in [-0.2, 0) is 18.9 Å². The molecule has 3 unspecified atom stereocenters. The predicted molar refractivity (Wildman–Crippen MR) is 86.9 cm³/mol. The van der Waals surface area contributed by atoms with E-state index in [0.717, 1.165) is 5.56 Å². The Kier molecular flexibility index (Phi) is 5.78. The van der Waals surface area contributed by atoms with Crippen LogP contribution >= 0.6 is 0 Å². The molecule has 2 N–H and O–H groups in total. The van der Waals surface area contributed by atoms with Crippen molar-refractivity contribution in [2.24, 2.45) is 0 Å². The molecule has 1 aromatic rings. The molecule has 0 radical (unpaired) electrons. The molecule has 2 heterocycles. The van der Waals surface area contributed by atoms with E-state index in [2.05, 4.69) is 6.58 Å². The lowest BCUT2D eigenvalue weighted by molar-refractivity contribution is -0.350. The Bertz CT molecular complexity index is 558. The maximum absolute atomic E-state index is 10.3. The van der Waals surface area contributed by atoms with Gasteiger partial charge in [-0.3, -0.25) is 0 Å². The van der Waals surface area contributed by atoms with Gasteiger partial charge in [0.1, 0.15) is 24.4 Å². The summed E-state index contributed by atoms with van der Waals surface area (Å²) >= 11 is 0. The third-order valence-corrected chi connectivity index (χ3v) is 3.98. The summed E-state index contributed by atoms with van der Waals surface area (Å²) in [7, 11) is 0. The Labute approximate surface area is 140 Å². The Morgan fingerprint density at radius 3 is 2.71 bits per heavy atom. The molecule has 0 aromatic heterocycles. The van der Waals surface area contributed by atoms with E-state index in [0.29, 0.717) is 0 Å². The lowest BCUT2D eigenvalue weighted by Gasteiger charge is -2.45. The van der Waals surface area contributed by atoms with E-state index < -0.39 is 37.0 Å². The summed E-state index contributed by atoms with van der Waals surface area (Å²) in [6.45, 7) is 4.00. The molecule has 6 nitrogen and oxygen atoms in total. The molecular weight excluding hydrogens is 312 g/mol. The zero-order valence-electron chi connectivity index (χ0n) is 13.2.